The molecule has 4 aromatic rings. The third-order valence-electron chi connectivity index (χ3n) is 7.44. The van der Waals surface area contributed by atoms with Crippen LogP contribution < -0.4 is 9.47 Å². The van der Waals surface area contributed by atoms with Gasteiger partial charge in [-0.25, -0.2) is 12.4 Å². The second-order valence-electron chi connectivity index (χ2n) is 10.5. The smallest absolute Gasteiger partial charge is 0.268 e. The number of hydrogen-bond acceptors (Lipinski definition) is 5. The Labute approximate surface area is 251 Å². The Balaban J connectivity index is 1.21. The van der Waals surface area contributed by atoms with Crippen LogP contribution in [0, 0.1) is 0 Å². The molecule has 0 saturated carbocycles. The van der Waals surface area contributed by atoms with Crippen molar-refractivity contribution in [3.8, 4) is 11.5 Å². The zero-order valence-electron chi connectivity index (χ0n) is 24.8. The molecule has 0 aliphatic carbocycles. The normalized spacial score (nSPS) is 11.9. The highest BCUT2D eigenvalue weighted by Gasteiger charge is 2.21. The molecule has 0 aliphatic heterocycles. The van der Waals surface area contributed by atoms with Gasteiger partial charge in [0.2, 0.25) is 0 Å². The molecule has 3 aromatic carbocycles. The molecule has 224 valence electrons. The summed E-state index contributed by atoms with van der Waals surface area (Å²) in [6.07, 6.45) is 16.6. The van der Waals surface area contributed by atoms with Crippen LogP contribution in [0.1, 0.15) is 68.9 Å². The minimum Gasteiger partial charge on any atom is -0.497 e. The number of benzene rings is 3. The molecule has 0 aliphatic rings. The molecule has 0 bridgehead atoms. The van der Waals surface area contributed by atoms with Gasteiger partial charge < -0.3 is 14.2 Å². The molecule has 0 amide bonds. The Kier molecular flexibility index (Phi) is 12.1. The van der Waals surface area contributed by atoms with Gasteiger partial charge in [-0.1, -0.05) is 81.0 Å². The van der Waals surface area contributed by atoms with Crippen molar-refractivity contribution in [2.45, 2.75) is 69.3 Å². The summed E-state index contributed by atoms with van der Waals surface area (Å²) >= 11 is 0. The zero-order chi connectivity index (χ0) is 29.6. The van der Waals surface area contributed by atoms with Crippen molar-refractivity contribution in [1.29, 1.82) is 0 Å². The van der Waals surface area contributed by atoms with Gasteiger partial charge in [0.05, 0.1) is 31.2 Å². The number of methoxy groups -OCH3 is 2. The number of aromatic nitrogens is 1. The second-order valence-corrected chi connectivity index (χ2v) is 12.3. The van der Waals surface area contributed by atoms with Crippen LogP contribution in [0.15, 0.2) is 90.0 Å². The van der Waals surface area contributed by atoms with E-state index in [-0.39, 0.29) is 4.90 Å². The number of fused-ring (bicyclic) bond motifs is 1. The highest BCUT2D eigenvalue weighted by molar-refractivity contribution is 7.90. The van der Waals surface area contributed by atoms with Crippen molar-refractivity contribution in [1.82, 2.24) is 3.97 Å². The Hall–Kier alpha value is -3.55. The van der Waals surface area contributed by atoms with Crippen molar-refractivity contribution >= 4 is 27.0 Å². The maximum absolute atomic E-state index is 13.6. The van der Waals surface area contributed by atoms with E-state index in [0.29, 0.717) is 23.6 Å². The summed E-state index contributed by atoms with van der Waals surface area (Å²) in [5, 5.41) is 0.870. The molecule has 7 heteroatoms. The minimum absolute atomic E-state index is 0.204. The number of ether oxygens (including phenoxy) is 3. The largest absolute Gasteiger partial charge is 0.497 e. The Morgan fingerprint density at radius 3 is 2.07 bits per heavy atom. The summed E-state index contributed by atoms with van der Waals surface area (Å²) in [7, 11) is -0.662. The molecule has 0 atom stereocenters. The Bertz CT molecular complexity index is 1510. The van der Waals surface area contributed by atoms with Crippen LogP contribution >= 0.6 is 0 Å². The maximum atomic E-state index is 13.6. The van der Waals surface area contributed by atoms with Crippen molar-refractivity contribution < 1.29 is 22.6 Å². The molecule has 0 unspecified atom stereocenters. The summed E-state index contributed by atoms with van der Waals surface area (Å²) in [5.41, 5.74) is 2.70. The quantitative estimate of drug-likeness (QED) is 0.109. The van der Waals surface area contributed by atoms with Gasteiger partial charge in [-0.05, 0) is 61.2 Å². The van der Waals surface area contributed by atoms with Crippen LogP contribution in [0.5, 0.6) is 11.5 Å². The molecule has 0 saturated heterocycles. The molecule has 1 aromatic heterocycles. The summed E-state index contributed by atoms with van der Waals surface area (Å²) in [5.74, 6) is 1.22. The number of allylic oxidation sites excluding steroid dienone is 1. The molecular formula is C35H43NO5S. The third-order valence-corrected chi connectivity index (χ3v) is 9.13. The van der Waals surface area contributed by atoms with E-state index >= 15 is 0 Å². The van der Waals surface area contributed by atoms with Gasteiger partial charge in [0, 0.05) is 29.8 Å². The first-order valence-corrected chi connectivity index (χ1v) is 16.3. The molecular weight excluding hydrogens is 546 g/mol. The average Bonchev–Trinajstić information content (AvgIpc) is 3.40. The first-order chi connectivity index (χ1) is 20.5. The van der Waals surface area contributed by atoms with Crippen LogP contribution in [0.25, 0.3) is 17.0 Å². The van der Waals surface area contributed by atoms with E-state index in [1.807, 2.05) is 36.4 Å². The lowest BCUT2D eigenvalue weighted by Crippen LogP contribution is -2.11. The lowest BCUT2D eigenvalue weighted by atomic mass is 10.1. The van der Waals surface area contributed by atoms with E-state index in [9.17, 15) is 8.42 Å². The average molecular weight is 590 g/mol. The van der Waals surface area contributed by atoms with Crippen LogP contribution in [-0.2, 0) is 21.4 Å². The first-order valence-electron chi connectivity index (χ1n) is 14.9. The summed E-state index contributed by atoms with van der Waals surface area (Å²) in [4.78, 5) is 0.204. The van der Waals surface area contributed by atoms with Crippen LogP contribution in [0.3, 0.4) is 0 Å². The predicted molar refractivity (Wildman–Crippen MR) is 171 cm³/mol. The Morgan fingerprint density at radius 1 is 0.738 bits per heavy atom. The van der Waals surface area contributed by atoms with E-state index in [2.05, 4.69) is 18.2 Å². The fourth-order valence-electron chi connectivity index (χ4n) is 5.02. The van der Waals surface area contributed by atoms with E-state index in [0.717, 1.165) is 36.8 Å². The molecule has 0 fully saturated rings. The van der Waals surface area contributed by atoms with Gasteiger partial charge in [0.15, 0.2) is 0 Å². The van der Waals surface area contributed by atoms with Crippen LogP contribution in [-0.4, -0.2) is 33.2 Å². The monoisotopic (exact) mass is 589 g/mol. The highest BCUT2D eigenvalue weighted by Crippen LogP contribution is 2.30. The Morgan fingerprint density at radius 2 is 1.38 bits per heavy atom. The van der Waals surface area contributed by atoms with Crippen molar-refractivity contribution in [3.05, 3.63) is 96.2 Å². The van der Waals surface area contributed by atoms with Gasteiger partial charge in [0.25, 0.3) is 10.0 Å². The van der Waals surface area contributed by atoms with E-state index < -0.39 is 10.0 Å². The summed E-state index contributed by atoms with van der Waals surface area (Å²) in [6, 6.07) is 22.3. The standard InChI is InChI=1S/C35H43NO5S/c1-39-31-19-22-33(23-20-31)42(37,38)36-27-30(34-24-21-32(40-2)26-35(34)36)18-14-9-7-5-3-4-6-8-10-15-25-41-28-29-16-12-11-13-17-29/h11-14,16-24,26-27H,3-10,15,25,28H2,1-2H3/b18-14-. The highest BCUT2D eigenvalue weighted by atomic mass is 32.2. The zero-order valence-corrected chi connectivity index (χ0v) is 25.7. The SMILES string of the molecule is COc1ccc(S(=O)(=O)n2cc(/C=C\CCCCCCCCCCOCc3ccccc3)c3ccc(OC)cc32)cc1. The summed E-state index contributed by atoms with van der Waals surface area (Å²) < 4.78 is 44.8. The summed E-state index contributed by atoms with van der Waals surface area (Å²) in [6.45, 7) is 1.54. The maximum Gasteiger partial charge on any atom is 0.268 e. The second kappa shape index (κ2) is 16.2. The number of unbranched alkanes of at least 4 members (excludes halogenated alkanes) is 8. The van der Waals surface area contributed by atoms with Gasteiger partial charge in [-0.15, -0.1) is 0 Å². The predicted octanol–water partition coefficient (Wildman–Crippen LogP) is 8.64. The molecule has 4 rings (SSSR count). The van der Waals surface area contributed by atoms with E-state index in [1.165, 1.54) is 48.1 Å². The molecule has 42 heavy (non-hydrogen) atoms. The number of rotatable bonds is 18. The van der Waals surface area contributed by atoms with E-state index in [4.69, 9.17) is 14.2 Å². The molecule has 0 radical (unpaired) electrons. The van der Waals surface area contributed by atoms with Crippen molar-refractivity contribution in [2.24, 2.45) is 0 Å². The third kappa shape index (κ3) is 8.73. The van der Waals surface area contributed by atoms with Gasteiger partial charge in [0.1, 0.15) is 11.5 Å². The van der Waals surface area contributed by atoms with Crippen LogP contribution in [0.4, 0.5) is 0 Å². The minimum atomic E-state index is -3.80. The fourth-order valence-corrected chi connectivity index (χ4v) is 6.39. The van der Waals surface area contributed by atoms with E-state index in [1.54, 1.807) is 50.7 Å². The lowest BCUT2D eigenvalue weighted by molar-refractivity contribution is 0.116. The van der Waals surface area contributed by atoms with Gasteiger partial charge in [-0.2, -0.15) is 0 Å². The molecule has 1 heterocycles. The molecule has 0 N–H and O–H groups in total. The lowest BCUT2D eigenvalue weighted by Gasteiger charge is -2.09. The topological polar surface area (TPSA) is 66.8 Å². The first kappa shape index (κ1) is 31.4. The van der Waals surface area contributed by atoms with Gasteiger partial charge in [-0.3, -0.25) is 0 Å². The number of nitrogens with zero attached hydrogens (tertiary/aromatic N) is 1. The fraction of sp³-hybridized carbons (Fsp3) is 0.371. The van der Waals surface area contributed by atoms with Gasteiger partial charge >= 0.3 is 0 Å². The van der Waals surface area contributed by atoms with Crippen molar-refractivity contribution in [2.75, 3.05) is 20.8 Å². The van der Waals surface area contributed by atoms with Crippen LogP contribution in [0.2, 0.25) is 0 Å². The number of hydrogen-bond donors (Lipinski definition) is 0. The molecule has 6 nitrogen and oxygen atoms in total. The van der Waals surface area contributed by atoms with Crippen molar-refractivity contribution in [3.63, 3.8) is 0 Å². The molecule has 0 spiro atoms.